The van der Waals surface area contributed by atoms with Crippen molar-refractivity contribution in [1.29, 1.82) is 0 Å². The molecular formula is C107H127FN24O12S. The molecular weight excluding hydrogens is 1860 g/mol. The second-order valence-corrected chi connectivity index (χ2v) is 38.1. The summed E-state index contributed by atoms with van der Waals surface area (Å²) < 4.78 is 88.0. The van der Waals surface area contributed by atoms with Crippen LogP contribution in [0.1, 0.15) is 89.9 Å². The van der Waals surface area contributed by atoms with Gasteiger partial charge in [0.05, 0.1) is 177 Å². The summed E-state index contributed by atoms with van der Waals surface area (Å²) in [6.45, 7) is 18.8. The maximum absolute atomic E-state index is 12.7. The first-order valence-corrected chi connectivity index (χ1v) is 50.2. The SMILES string of the molecule is CNC(=O)c1cc(OC)cc(N(CCNC(C)C)c2ccc3ncc(-c4cnn(C(C)C)c4)nc3c2)c1.COc1cc(OC)cc(N(CCCN2CCS(=O)(=O)CC2)c2ccc3ncc(-c4cnn(C)c4)nc3c2)c1.COc1cc(OC)cc(N(CCO)c2ccc3ncc(-c4cnn(C5CCCCO5)c4)nc3c2)c1.COc1cc(OCCF)cc(N(CCNC(C)C)c2ccc3ncc(-c4cnn(C)c4)nc3c2)c1. The number of nitrogens with one attached hydrogen (secondary N) is 3. The zero-order chi connectivity index (χ0) is 102. The van der Waals surface area contributed by atoms with E-state index in [1.54, 1.807) is 115 Å². The number of hydrogen-bond donors (Lipinski definition) is 4. The van der Waals surface area contributed by atoms with Crippen LogP contribution in [0.15, 0.2) is 220 Å². The molecule has 0 spiro atoms. The van der Waals surface area contributed by atoms with Crippen molar-refractivity contribution in [3.05, 3.63) is 226 Å². The molecule has 10 heterocycles. The molecule has 4 N–H and O–H groups in total. The van der Waals surface area contributed by atoms with Crippen LogP contribution in [0.25, 0.3) is 89.2 Å². The summed E-state index contributed by atoms with van der Waals surface area (Å²) >= 11 is 0. The van der Waals surface area contributed by atoms with Gasteiger partial charge in [0.25, 0.3) is 5.91 Å². The van der Waals surface area contributed by atoms with Gasteiger partial charge in [-0.15, -0.1) is 0 Å². The van der Waals surface area contributed by atoms with Crippen molar-refractivity contribution in [1.82, 2.24) is 99.8 Å². The third kappa shape index (κ3) is 27.3. The normalized spacial score (nSPS) is 13.5. The van der Waals surface area contributed by atoms with E-state index in [-0.39, 0.29) is 42.9 Å². The minimum Gasteiger partial charge on any atom is -0.497 e. The molecule has 16 aromatic rings. The molecule has 1 atom stereocenters. The Morgan fingerprint density at radius 3 is 1.22 bits per heavy atom. The monoisotopic (exact) mass is 1990 g/mol. The molecule has 18 rings (SSSR count). The number of fused-ring (bicyclic) bond motifs is 4. The molecule has 0 radical (unpaired) electrons. The number of halogens is 1. The summed E-state index contributed by atoms with van der Waals surface area (Å²) in [6, 6.07) is 47.6. The van der Waals surface area contributed by atoms with Gasteiger partial charge in [0.2, 0.25) is 0 Å². The van der Waals surface area contributed by atoms with Crippen LogP contribution in [0.4, 0.5) is 49.9 Å². The molecule has 145 heavy (non-hydrogen) atoms. The van der Waals surface area contributed by atoms with Gasteiger partial charge in [-0.2, -0.15) is 20.4 Å². The molecule has 2 saturated heterocycles. The smallest absolute Gasteiger partial charge is 0.251 e. The average Bonchev–Trinajstić information content (AvgIpc) is 1.66. The molecule has 8 aromatic heterocycles. The van der Waals surface area contributed by atoms with Crippen LogP contribution in [-0.2, 0) is 28.7 Å². The highest BCUT2D eigenvalue weighted by molar-refractivity contribution is 7.91. The van der Waals surface area contributed by atoms with Crippen molar-refractivity contribution in [2.45, 2.75) is 91.6 Å². The lowest BCUT2D eigenvalue weighted by atomic mass is 10.1. The van der Waals surface area contributed by atoms with E-state index < -0.39 is 16.5 Å². The number of ether oxygens (including phenoxy) is 8. The molecule has 1 amide bonds. The number of carbonyl (C=O) groups is 1. The van der Waals surface area contributed by atoms with Gasteiger partial charge in [-0.25, -0.2) is 37.4 Å². The van der Waals surface area contributed by atoms with Crippen LogP contribution < -0.4 is 68.7 Å². The minimum atomic E-state index is -2.90. The molecule has 0 aliphatic carbocycles. The van der Waals surface area contributed by atoms with Gasteiger partial charge in [-0.3, -0.25) is 38.8 Å². The first-order valence-electron chi connectivity index (χ1n) is 48.4. The molecule has 1 unspecified atom stereocenters. The number of aliphatic hydroxyl groups excluding tert-OH is 1. The number of rotatable bonds is 38. The molecule has 0 bridgehead atoms. The topological polar surface area (TPSA) is 372 Å². The molecule has 2 aliphatic rings. The summed E-state index contributed by atoms with van der Waals surface area (Å²) in [6.07, 6.45) is 26.1. The van der Waals surface area contributed by atoms with Crippen LogP contribution in [0, 0.1) is 0 Å². The number of aliphatic hydroxyl groups is 1. The van der Waals surface area contributed by atoms with E-state index in [1.807, 2.05) is 193 Å². The Kier molecular flexibility index (Phi) is 35.4. The van der Waals surface area contributed by atoms with E-state index in [0.717, 1.165) is 187 Å². The number of aryl methyl sites for hydroxylation is 2. The molecule has 2 aliphatic heterocycles. The predicted molar refractivity (Wildman–Crippen MR) is 565 cm³/mol. The van der Waals surface area contributed by atoms with Crippen LogP contribution in [0.5, 0.6) is 40.2 Å². The second-order valence-electron chi connectivity index (χ2n) is 35.8. The van der Waals surface area contributed by atoms with E-state index in [9.17, 15) is 22.7 Å². The number of aromatic nitrogens is 16. The van der Waals surface area contributed by atoms with Crippen molar-refractivity contribution in [3.63, 3.8) is 0 Å². The summed E-state index contributed by atoms with van der Waals surface area (Å²) in [5.74, 6) is 4.83. The van der Waals surface area contributed by atoms with Gasteiger partial charge in [-0.05, 0) is 131 Å². The fourth-order valence-electron chi connectivity index (χ4n) is 16.8. The van der Waals surface area contributed by atoms with Crippen molar-refractivity contribution >= 4 is 105 Å². The summed E-state index contributed by atoms with van der Waals surface area (Å²) in [7, 11) is 12.2. The summed E-state index contributed by atoms with van der Waals surface area (Å²) in [4.78, 5) is 61.2. The lowest BCUT2D eigenvalue weighted by molar-refractivity contribution is -0.0394. The number of methoxy groups -OCH3 is 6. The van der Waals surface area contributed by atoms with Crippen LogP contribution in [0.2, 0.25) is 0 Å². The van der Waals surface area contributed by atoms with Gasteiger partial charge in [0.1, 0.15) is 59.8 Å². The number of alkyl halides is 1. The van der Waals surface area contributed by atoms with Crippen molar-refractivity contribution in [3.8, 4) is 85.3 Å². The zero-order valence-electron chi connectivity index (χ0n) is 84.6. The molecule has 0 saturated carbocycles. The fraction of sp³-hybridized carbons (Fsp3) is 0.355. The Labute approximate surface area is 843 Å². The van der Waals surface area contributed by atoms with E-state index in [0.29, 0.717) is 97.2 Å². The fourth-order valence-corrected chi connectivity index (χ4v) is 18.1. The van der Waals surface area contributed by atoms with Crippen molar-refractivity contribution in [2.75, 3.05) is 166 Å². The number of hydrogen-bond acceptors (Lipinski definition) is 31. The second kappa shape index (κ2) is 49.3. The van der Waals surface area contributed by atoms with Crippen molar-refractivity contribution < 1.29 is 60.6 Å². The van der Waals surface area contributed by atoms with E-state index in [2.05, 4.69) is 117 Å². The number of carbonyl (C=O) groups excluding carboxylic acids is 1. The number of benzene rings is 8. The minimum absolute atomic E-state index is 0.00973. The van der Waals surface area contributed by atoms with E-state index >= 15 is 0 Å². The van der Waals surface area contributed by atoms with Crippen LogP contribution >= 0.6 is 0 Å². The van der Waals surface area contributed by atoms with Crippen molar-refractivity contribution in [2.24, 2.45) is 14.1 Å². The maximum Gasteiger partial charge on any atom is 0.251 e. The van der Waals surface area contributed by atoms with Gasteiger partial charge >= 0.3 is 0 Å². The summed E-state index contributed by atoms with van der Waals surface area (Å²) in [5.41, 5.74) is 20.7. The van der Waals surface area contributed by atoms with E-state index in [4.69, 9.17) is 57.8 Å². The number of amides is 1. The van der Waals surface area contributed by atoms with Gasteiger partial charge < -0.3 is 83.5 Å². The van der Waals surface area contributed by atoms with Gasteiger partial charge in [0.15, 0.2) is 9.84 Å². The van der Waals surface area contributed by atoms with Gasteiger partial charge in [0, 0.05) is 257 Å². The maximum atomic E-state index is 12.7. The first-order chi connectivity index (χ1) is 70.3. The quantitative estimate of drug-likeness (QED) is 0.0279. The third-order valence-corrected chi connectivity index (χ3v) is 26.1. The Bertz CT molecular complexity index is 7120. The Hall–Kier alpha value is -15.1. The lowest BCUT2D eigenvalue weighted by Gasteiger charge is -2.29. The summed E-state index contributed by atoms with van der Waals surface area (Å²) in [5, 5.41) is 36.9. The molecule has 760 valence electrons. The molecule has 2 fully saturated rings. The average molecular weight is 1990 g/mol. The van der Waals surface area contributed by atoms with Crippen LogP contribution in [0.3, 0.4) is 0 Å². The Morgan fingerprint density at radius 1 is 0.455 bits per heavy atom. The highest BCUT2D eigenvalue weighted by atomic mass is 32.2. The highest BCUT2D eigenvalue weighted by Gasteiger charge is 2.26. The molecule has 8 aromatic carbocycles. The Morgan fingerprint density at radius 2 is 0.841 bits per heavy atom. The molecule has 38 heteroatoms. The first kappa shape index (κ1) is 104. The lowest BCUT2D eigenvalue weighted by Crippen LogP contribution is -2.41. The zero-order valence-corrected chi connectivity index (χ0v) is 85.5. The number of anilines is 8. The number of nitrogens with zero attached hydrogens (tertiary/aromatic N) is 21. The van der Waals surface area contributed by atoms with Gasteiger partial charge in [-0.1, -0.05) is 27.7 Å². The standard InChI is InChI=1S/C28H35N7O2.C27H32N6O4S.C26H31FN6O2.C26H29N5O4/c1-18(2)30-9-10-34(23-11-20(28(36)29-5)12-24(13-23)37-6)22-7-8-25-26(14-22)33-27(16-31-25)21-15-32-35(17-21)19(3)4;1-31-19-20(17-29-31)27-18-28-25-6-5-21(15-26(25)30-27)33(22-13-23(36-2)16-24(14-22)37-3)8-4-7-32-9-11-38(34,35)12-10-32;1-18(2)28-8-9-33(21-11-22(34-4)14-23(12-21)35-10-7-27)20-5-6-24-25(13-20)31-26(16-29-24)19-15-30-32(3)17-19;1-33-21-11-20(12-22(14-21)34-2)30(8-9-32)19-6-7-23-24(13-19)29-25(16-27-23)18-15-28-31(17-18)26-5-3-4-10-35-26/h7-8,11-19,30H,9-10H2,1-6H3,(H,29,36);5-6,13-19H,4,7-12H2,1-3H3;5-6,11-18,28H,7-10H2,1-4H3;6-7,11-17,26,32H,3-5,8-10H2,1-2H3. The van der Waals surface area contributed by atoms with E-state index in [1.165, 1.54) is 0 Å². The third-order valence-electron chi connectivity index (χ3n) is 24.5. The van der Waals surface area contributed by atoms with Crippen LogP contribution in [-0.4, -0.2) is 262 Å². The Balaban J connectivity index is 0.000000145. The predicted octanol–water partition coefficient (Wildman–Crippen LogP) is 16.7. The highest BCUT2D eigenvalue weighted by Crippen LogP contribution is 2.41. The number of sulfone groups is 1. The molecule has 36 nitrogen and oxygen atoms in total. The largest absolute Gasteiger partial charge is 0.497 e.